The topological polar surface area (TPSA) is 64.8 Å². The summed E-state index contributed by atoms with van der Waals surface area (Å²) in [6, 6.07) is -0.424. The molecule has 0 aromatic carbocycles. The van der Waals surface area contributed by atoms with Crippen LogP contribution in [0.25, 0.3) is 0 Å². The number of ether oxygens (including phenoxy) is 2. The third kappa shape index (κ3) is 2.61. The molecule has 0 bridgehead atoms. The smallest absolute Gasteiger partial charge is 0.239 e. The highest BCUT2D eigenvalue weighted by atomic mass is 16.5. The molecule has 1 spiro atoms. The van der Waals surface area contributed by atoms with Crippen molar-refractivity contribution in [1.82, 2.24) is 4.90 Å². The molecule has 2 saturated heterocycles. The lowest BCUT2D eigenvalue weighted by Gasteiger charge is -2.37. The summed E-state index contributed by atoms with van der Waals surface area (Å²) >= 11 is 0. The Hall–Kier alpha value is -0.650. The highest BCUT2D eigenvalue weighted by Crippen LogP contribution is 2.35. The standard InChI is InChI=1S/C12H22N2O3/c1-9(13)11(15)14-5-4-12(8-14)7-10(16-2)3-6-17-12/h9-10H,3-8,13H2,1-2H3/t9-,10-,12+/m1/s1. The number of methoxy groups -OCH3 is 1. The summed E-state index contributed by atoms with van der Waals surface area (Å²) in [5.74, 6) is 0.0185. The largest absolute Gasteiger partial charge is 0.381 e. The van der Waals surface area contributed by atoms with Crippen LogP contribution in [-0.4, -0.2) is 55.4 Å². The van der Waals surface area contributed by atoms with Gasteiger partial charge in [0, 0.05) is 33.2 Å². The summed E-state index contributed by atoms with van der Waals surface area (Å²) in [6.07, 6.45) is 2.98. The zero-order valence-electron chi connectivity index (χ0n) is 10.6. The van der Waals surface area contributed by atoms with Crippen LogP contribution in [0.15, 0.2) is 0 Å². The molecule has 2 aliphatic heterocycles. The van der Waals surface area contributed by atoms with Gasteiger partial charge in [0.05, 0.1) is 17.7 Å². The predicted molar refractivity (Wildman–Crippen MR) is 63.6 cm³/mol. The Balaban J connectivity index is 1.98. The third-order valence-electron chi connectivity index (χ3n) is 3.80. The van der Waals surface area contributed by atoms with E-state index >= 15 is 0 Å². The maximum absolute atomic E-state index is 11.8. The van der Waals surface area contributed by atoms with Crippen LogP contribution in [0.3, 0.4) is 0 Å². The van der Waals surface area contributed by atoms with E-state index in [9.17, 15) is 4.79 Å². The lowest BCUT2D eigenvalue weighted by atomic mass is 9.91. The molecule has 3 atom stereocenters. The fourth-order valence-electron chi connectivity index (χ4n) is 2.79. The molecule has 0 aliphatic carbocycles. The van der Waals surface area contributed by atoms with E-state index in [0.717, 1.165) is 32.4 Å². The van der Waals surface area contributed by atoms with E-state index in [1.54, 1.807) is 14.0 Å². The molecule has 0 aromatic rings. The quantitative estimate of drug-likeness (QED) is 0.747. The summed E-state index contributed by atoms with van der Waals surface area (Å²) in [5, 5.41) is 0. The second kappa shape index (κ2) is 4.92. The maximum Gasteiger partial charge on any atom is 0.239 e. The first kappa shape index (κ1) is 12.8. The van der Waals surface area contributed by atoms with Gasteiger partial charge in [-0.15, -0.1) is 0 Å². The number of likely N-dealkylation sites (tertiary alicyclic amines) is 1. The highest BCUT2D eigenvalue weighted by molar-refractivity contribution is 5.81. The molecular weight excluding hydrogens is 220 g/mol. The molecule has 2 fully saturated rings. The van der Waals surface area contributed by atoms with E-state index in [1.807, 2.05) is 4.90 Å². The third-order valence-corrected chi connectivity index (χ3v) is 3.80. The SMILES string of the molecule is CO[C@@H]1CCO[C@@]2(CCN(C(=O)[C@@H](C)N)C2)C1. The Bertz CT molecular complexity index is 295. The average molecular weight is 242 g/mol. The van der Waals surface area contributed by atoms with Gasteiger partial charge >= 0.3 is 0 Å². The molecule has 0 unspecified atom stereocenters. The Morgan fingerprint density at radius 1 is 1.65 bits per heavy atom. The molecule has 98 valence electrons. The molecule has 2 aliphatic rings. The Kier molecular flexibility index (Phi) is 3.70. The lowest BCUT2D eigenvalue weighted by molar-refractivity contribution is -0.138. The molecular formula is C12H22N2O3. The predicted octanol–water partition coefficient (Wildman–Crippen LogP) is 0.130. The molecule has 2 rings (SSSR count). The van der Waals surface area contributed by atoms with E-state index in [2.05, 4.69) is 0 Å². The second-order valence-electron chi connectivity index (χ2n) is 5.18. The van der Waals surface area contributed by atoms with Crippen molar-refractivity contribution in [2.45, 2.75) is 43.9 Å². The van der Waals surface area contributed by atoms with Gasteiger partial charge in [0.15, 0.2) is 0 Å². The molecule has 0 aromatic heterocycles. The van der Waals surface area contributed by atoms with Crippen LogP contribution in [0.4, 0.5) is 0 Å². The molecule has 0 saturated carbocycles. The molecule has 2 heterocycles. The monoisotopic (exact) mass is 242 g/mol. The van der Waals surface area contributed by atoms with E-state index in [1.165, 1.54) is 0 Å². The van der Waals surface area contributed by atoms with Gasteiger partial charge in [-0.1, -0.05) is 0 Å². The first-order valence-electron chi connectivity index (χ1n) is 6.27. The molecule has 2 N–H and O–H groups in total. The maximum atomic E-state index is 11.8. The minimum absolute atomic E-state index is 0.0185. The van der Waals surface area contributed by atoms with Crippen molar-refractivity contribution in [2.75, 3.05) is 26.8 Å². The zero-order valence-corrected chi connectivity index (χ0v) is 10.6. The number of carbonyl (C=O) groups excluding carboxylic acids is 1. The van der Waals surface area contributed by atoms with Crippen molar-refractivity contribution in [1.29, 1.82) is 0 Å². The van der Waals surface area contributed by atoms with Crippen molar-refractivity contribution in [3.63, 3.8) is 0 Å². The number of hydrogen-bond acceptors (Lipinski definition) is 4. The lowest BCUT2D eigenvalue weighted by Crippen LogP contribution is -2.47. The van der Waals surface area contributed by atoms with Crippen molar-refractivity contribution in [2.24, 2.45) is 5.73 Å². The van der Waals surface area contributed by atoms with Crippen molar-refractivity contribution >= 4 is 5.91 Å². The van der Waals surface area contributed by atoms with E-state index in [4.69, 9.17) is 15.2 Å². The minimum Gasteiger partial charge on any atom is -0.381 e. The van der Waals surface area contributed by atoms with Crippen LogP contribution >= 0.6 is 0 Å². The summed E-state index contributed by atoms with van der Waals surface area (Å²) < 4.78 is 11.3. The number of hydrogen-bond donors (Lipinski definition) is 1. The van der Waals surface area contributed by atoms with Crippen LogP contribution in [0.5, 0.6) is 0 Å². The number of nitrogens with zero attached hydrogens (tertiary/aromatic N) is 1. The van der Waals surface area contributed by atoms with Gasteiger partial charge in [0.1, 0.15) is 0 Å². The van der Waals surface area contributed by atoms with Crippen LogP contribution in [0.1, 0.15) is 26.2 Å². The van der Waals surface area contributed by atoms with E-state index < -0.39 is 6.04 Å². The van der Waals surface area contributed by atoms with E-state index in [0.29, 0.717) is 6.54 Å². The fourth-order valence-corrected chi connectivity index (χ4v) is 2.79. The summed E-state index contributed by atoms with van der Waals surface area (Å²) in [4.78, 5) is 13.7. The van der Waals surface area contributed by atoms with Gasteiger partial charge in [-0.2, -0.15) is 0 Å². The average Bonchev–Trinajstić information content (AvgIpc) is 2.71. The van der Waals surface area contributed by atoms with Gasteiger partial charge in [-0.25, -0.2) is 0 Å². The van der Waals surface area contributed by atoms with Crippen molar-refractivity contribution in [3.05, 3.63) is 0 Å². The molecule has 5 heteroatoms. The Labute approximate surface area is 102 Å². The van der Waals surface area contributed by atoms with Gasteiger partial charge < -0.3 is 20.1 Å². The first-order chi connectivity index (χ1) is 8.06. The van der Waals surface area contributed by atoms with Crippen molar-refractivity contribution in [3.8, 4) is 0 Å². The summed E-state index contributed by atoms with van der Waals surface area (Å²) in [7, 11) is 1.74. The molecule has 1 amide bonds. The normalized spacial score (nSPS) is 35.2. The van der Waals surface area contributed by atoms with Crippen LogP contribution in [0.2, 0.25) is 0 Å². The van der Waals surface area contributed by atoms with Gasteiger partial charge in [0.25, 0.3) is 0 Å². The van der Waals surface area contributed by atoms with Crippen LogP contribution < -0.4 is 5.73 Å². The number of nitrogens with two attached hydrogens (primary N) is 1. The number of rotatable bonds is 2. The Morgan fingerprint density at radius 3 is 3.06 bits per heavy atom. The van der Waals surface area contributed by atoms with Crippen LogP contribution in [-0.2, 0) is 14.3 Å². The van der Waals surface area contributed by atoms with Gasteiger partial charge in [0.2, 0.25) is 5.91 Å². The highest BCUT2D eigenvalue weighted by Gasteiger charge is 2.44. The molecule has 5 nitrogen and oxygen atoms in total. The molecule has 0 radical (unpaired) electrons. The van der Waals surface area contributed by atoms with Crippen LogP contribution in [0, 0.1) is 0 Å². The summed E-state index contributed by atoms with van der Waals surface area (Å²) in [6.45, 7) is 3.86. The Morgan fingerprint density at radius 2 is 2.41 bits per heavy atom. The summed E-state index contributed by atoms with van der Waals surface area (Å²) in [5.41, 5.74) is 5.44. The minimum atomic E-state index is -0.424. The number of carbonyl (C=O) groups is 1. The fraction of sp³-hybridized carbons (Fsp3) is 0.917. The second-order valence-corrected chi connectivity index (χ2v) is 5.18. The van der Waals surface area contributed by atoms with Gasteiger partial charge in [-0.3, -0.25) is 4.79 Å². The zero-order chi connectivity index (χ0) is 12.5. The van der Waals surface area contributed by atoms with Gasteiger partial charge in [-0.05, 0) is 19.8 Å². The number of amides is 1. The van der Waals surface area contributed by atoms with E-state index in [-0.39, 0.29) is 17.6 Å². The molecule has 17 heavy (non-hydrogen) atoms. The van der Waals surface area contributed by atoms with Crippen molar-refractivity contribution < 1.29 is 14.3 Å². The first-order valence-corrected chi connectivity index (χ1v) is 6.27.